The van der Waals surface area contributed by atoms with E-state index in [-0.39, 0.29) is 39.5 Å². The summed E-state index contributed by atoms with van der Waals surface area (Å²) >= 11 is 5.97. The van der Waals surface area contributed by atoms with Crippen LogP contribution < -0.4 is 11.1 Å². The van der Waals surface area contributed by atoms with E-state index in [2.05, 4.69) is 5.32 Å². The van der Waals surface area contributed by atoms with Gasteiger partial charge in [-0.2, -0.15) is 0 Å². The molecule has 1 atom stereocenters. The maximum Gasteiger partial charge on any atom is 0.337 e. The number of carbonyl (C=O) groups is 1. The number of nitrogens with one attached hydrogen (secondary N) is 1. The van der Waals surface area contributed by atoms with Crippen molar-refractivity contribution in [3.05, 3.63) is 22.7 Å². The number of benzene rings is 1. The summed E-state index contributed by atoms with van der Waals surface area (Å²) < 4.78 is 22.8. The van der Waals surface area contributed by atoms with Gasteiger partial charge in [0.25, 0.3) is 0 Å². The topological polar surface area (TPSA) is 109 Å². The molecule has 1 unspecified atom stereocenters. The van der Waals surface area contributed by atoms with Crippen molar-refractivity contribution in [2.24, 2.45) is 0 Å². The summed E-state index contributed by atoms with van der Waals surface area (Å²) in [6.45, 7) is 0. The third-order valence-electron chi connectivity index (χ3n) is 2.92. The SMILES string of the molecule is Nc1cc(Cl)c(NC2CCS(=O)(=O)C2)c(C(=O)O)c1. The smallest absolute Gasteiger partial charge is 0.337 e. The van der Waals surface area contributed by atoms with Gasteiger partial charge >= 0.3 is 5.97 Å². The second kappa shape index (κ2) is 4.90. The summed E-state index contributed by atoms with van der Waals surface area (Å²) in [5, 5.41) is 12.2. The van der Waals surface area contributed by atoms with Crippen molar-refractivity contribution in [2.45, 2.75) is 12.5 Å². The zero-order chi connectivity index (χ0) is 14.2. The van der Waals surface area contributed by atoms with Gasteiger partial charge in [-0.05, 0) is 18.6 Å². The summed E-state index contributed by atoms with van der Waals surface area (Å²) in [4.78, 5) is 11.2. The second-order valence-electron chi connectivity index (χ2n) is 4.47. The molecule has 0 radical (unpaired) electrons. The first-order valence-corrected chi connectivity index (χ1v) is 7.78. The molecule has 0 saturated carbocycles. The van der Waals surface area contributed by atoms with E-state index in [0.29, 0.717) is 6.42 Å². The van der Waals surface area contributed by atoms with E-state index in [9.17, 15) is 13.2 Å². The van der Waals surface area contributed by atoms with E-state index in [1.54, 1.807) is 0 Å². The zero-order valence-corrected chi connectivity index (χ0v) is 11.5. The van der Waals surface area contributed by atoms with Crippen molar-refractivity contribution in [2.75, 3.05) is 22.6 Å². The Hall–Kier alpha value is -1.47. The van der Waals surface area contributed by atoms with E-state index in [4.69, 9.17) is 22.4 Å². The molecule has 0 aromatic heterocycles. The molecule has 1 saturated heterocycles. The highest BCUT2D eigenvalue weighted by molar-refractivity contribution is 7.91. The number of sulfone groups is 1. The standard InChI is InChI=1S/C11H13ClN2O4S/c12-9-4-6(13)3-8(11(15)16)10(9)14-7-1-2-19(17,18)5-7/h3-4,7,14H,1-2,5,13H2,(H,15,16). The maximum atomic E-state index is 11.4. The van der Waals surface area contributed by atoms with Crippen LogP contribution in [0.5, 0.6) is 0 Å². The Labute approximate surface area is 115 Å². The lowest BCUT2D eigenvalue weighted by atomic mass is 10.1. The van der Waals surface area contributed by atoms with Gasteiger partial charge in [0.1, 0.15) is 0 Å². The quantitative estimate of drug-likeness (QED) is 0.724. The average Bonchev–Trinajstić information content (AvgIpc) is 2.61. The zero-order valence-electron chi connectivity index (χ0n) is 9.89. The van der Waals surface area contributed by atoms with Crippen LogP contribution in [0.15, 0.2) is 12.1 Å². The molecule has 0 spiro atoms. The van der Waals surface area contributed by atoms with Crippen molar-refractivity contribution in [3.8, 4) is 0 Å². The lowest BCUT2D eigenvalue weighted by Gasteiger charge is -2.16. The van der Waals surface area contributed by atoms with Crippen molar-refractivity contribution < 1.29 is 18.3 Å². The number of hydrogen-bond donors (Lipinski definition) is 3. The first kappa shape index (κ1) is 14.0. The Morgan fingerprint density at radius 2 is 2.16 bits per heavy atom. The molecule has 1 fully saturated rings. The van der Waals surface area contributed by atoms with E-state index < -0.39 is 15.8 Å². The third-order valence-corrected chi connectivity index (χ3v) is 4.99. The molecule has 1 aliphatic heterocycles. The minimum Gasteiger partial charge on any atom is -0.478 e. The van der Waals surface area contributed by atoms with Gasteiger partial charge in [-0.3, -0.25) is 0 Å². The summed E-state index contributed by atoms with van der Waals surface area (Å²) in [6.07, 6.45) is 0.433. The molecule has 1 aromatic carbocycles. The Bertz CT molecular complexity index is 630. The van der Waals surface area contributed by atoms with Crippen LogP contribution in [0, 0.1) is 0 Å². The lowest BCUT2D eigenvalue weighted by molar-refractivity contribution is 0.0698. The number of carboxylic acids is 1. The summed E-state index contributed by atoms with van der Waals surface area (Å²) in [5.41, 5.74) is 5.94. The second-order valence-corrected chi connectivity index (χ2v) is 7.11. The molecule has 19 heavy (non-hydrogen) atoms. The Balaban J connectivity index is 2.32. The molecular weight excluding hydrogens is 292 g/mol. The Morgan fingerprint density at radius 1 is 1.47 bits per heavy atom. The van der Waals surface area contributed by atoms with Gasteiger partial charge in [0.2, 0.25) is 0 Å². The predicted molar refractivity (Wildman–Crippen MR) is 73.5 cm³/mol. The minimum absolute atomic E-state index is 0.0211. The molecule has 1 heterocycles. The fourth-order valence-corrected chi connectivity index (χ4v) is 4.01. The average molecular weight is 305 g/mol. The van der Waals surface area contributed by atoms with Gasteiger partial charge in [0.05, 0.1) is 27.8 Å². The molecule has 8 heteroatoms. The Kier molecular flexibility index (Phi) is 3.60. The number of nitrogens with two attached hydrogens (primary N) is 1. The molecular formula is C11H13ClN2O4S. The highest BCUT2D eigenvalue weighted by Gasteiger charge is 2.29. The summed E-state index contributed by atoms with van der Waals surface area (Å²) in [7, 11) is -3.05. The van der Waals surface area contributed by atoms with Crippen LogP contribution in [0.4, 0.5) is 11.4 Å². The number of rotatable bonds is 3. The van der Waals surface area contributed by atoms with Crippen LogP contribution in [0.2, 0.25) is 5.02 Å². The minimum atomic E-state index is -3.05. The van der Waals surface area contributed by atoms with Crippen LogP contribution >= 0.6 is 11.6 Å². The summed E-state index contributed by atoms with van der Waals surface area (Å²) in [5.74, 6) is -1.09. The first-order valence-electron chi connectivity index (χ1n) is 5.58. The molecule has 0 bridgehead atoms. The number of hydrogen-bond acceptors (Lipinski definition) is 5. The van der Waals surface area contributed by atoms with Gasteiger partial charge in [0, 0.05) is 11.7 Å². The molecule has 1 aliphatic rings. The molecule has 1 aromatic rings. The number of halogens is 1. The Morgan fingerprint density at radius 3 is 2.68 bits per heavy atom. The first-order chi connectivity index (χ1) is 8.78. The van der Waals surface area contributed by atoms with Gasteiger partial charge in [-0.15, -0.1) is 0 Å². The molecule has 0 amide bonds. The van der Waals surface area contributed by atoms with Gasteiger partial charge in [0.15, 0.2) is 9.84 Å². The normalized spacial score (nSPS) is 21.2. The van der Waals surface area contributed by atoms with Crippen LogP contribution in [0.25, 0.3) is 0 Å². The summed E-state index contributed by atoms with van der Waals surface area (Å²) in [6, 6.07) is 2.39. The van der Waals surface area contributed by atoms with Crippen molar-refractivity contribution in [1.82, 2.24) is 0 Å². The highest BCUT2D eigenvalue weighted by atomic mass is 35.5. The fourth-order valence-electron chi connectivity index (χ4n) is 2.06. The monoisotopic (exact) mass is 304 g/mol. The maximum absolute atomic E-state index is 11.4. The van der Waals surface area contributed by atoms with Crippen molar-refractivity contribution >= 4 is 38.8 Å². The van der Waals surface area contributed by atoms with Gasteiger partial charge < -0.3 is 16.2 Å². The van der Waals surface area contributed by atoms with Crippen LogP contribution in [0.3, 0.4) is 0 Å². The molecule has 104 valence electrons. The van der Waals surface area contributed by atoms with Gasteiger partial charge in [-0.25, -0.2) is 13.2 Å². The molecule has 2 rings (SSSR count). The molecule has 4 N–H and O–H groups in total. The van der Waals surface area contributed by atoms with E-state index >= 15 is 0 Å². The predicted octanol–water partition coefficient (Wildman–Crippen LogP) is 1.22. The number of aromatic carboxylic acids is 1. The number of anilines is 2. The van der Waals surface area contributed by atoms with Crippen LogP contribution in [0.1, 0.15) is 16.8 Å². The fraction of sp³-hybridized carbons (Fsp3) is 0.364. The van der Waals surface area contributed by atoms with Crippen LogP contribution in [-0.2, 0) is 9.84 Å². The molecule has 6 nitrogen and oxygen atoms in total. The molecule has 0 aliphatic carbocycles. The van der Waals surface area contributed by atoms with Crippen LogP contribution in [-0.4, -0.2) is 37.0 Å². The van der Waals surface area contributed by atoms with E-state index in [1.807, 2.05) is 0 Å². The van der Waals surface area contributed by atoms with E-state index in [0.717, 1.165) is 0 Å². The lowest BCUT2D eigenvalue weighted by Crippen LogP contribution is -2.22. The van der Waals surface area contributed by atoms with E-state index in [1.165, 1.54) is 12.1 Å². The van der Waals surface area contributed by atoms with Gasteiger partial charge in [-0.1, -0.05) is 11.6 Å². The van der Waals surface area contributed by atoms with Crippen molar-refractivity contribution in [1.29, 1.82) is 0 Å². The third kappa shape index (κ3) is 3.10. The largest absolute Gasteiger partial charge is 0.478 e. The highest BCUT2D eigenvalue weighted by Crippen LogP contribution is 2.31. The van der Waals surface area contributed by atoms with Crippen molar-refractivity contribution in [3.63, 3.8) is 0 Å². The number of nitrogen functional groups attached to an aromatic ring is 1. The number of carboxylic acid groups (broad SMARTS) is 1.